The fourth-order valence-corrected chi connectivity index (χ4v) is 3.45. The molecule has 1 N–H and O–H groups in total. The van der Waals surface area contributed by atoms with E-state index in [2.05, 4.69) is 87.4 Å². The van der Waals surface area contributed by atoms with E-state index in [9.17, 15) is 0 Å². The molecule has 2 heteroatoms. The minimum absolute atomic E-state index is 0.422. The highest BCUT2D eigenvalue weighted by Crippen LogP contribution is 2.26. The van der Waals surface area contributed by atoms with Crippen LogP contribution in [0.4, 0.5) is 0 Å². The lowest BCUT2D eigenvalue weighted by Gasteiger charge is -2.21. The Bertz CT molecular complexity index is 550. The molecule has 0 saturated heterocycles. The Morgan fingerprint density at radius 2 is 1.70 bits per heavy atom. The third-order valence-electron chi connectivity index (χ3n) is 3.99. The highest BCUT2D eigenvalue weighted by molar-refractivity contribution is 7.99. The Morgan fingerprint density at radius 1 is 1.00 bits per heavy atom. The summed E-state index contributed by atoms with van der Waals surface area (Å²) >= 11 is 2.05. The molecule has 0 fully saturated rings. The third-order valence-corrected chi connectivity index (χ3v) is 5.58. The van der Waals surface area contributed by atoms with E-state index >= 15 is 0 Å². The molecule has 2 unspecified atom stereocenters. The van der Waals surface area contributed by atoms with Gasteiger partial charge >= 0.3 is 0 Å². The molecule has 0 saturated carbocycles. The molecule has 20 heavy (non-hydrogen) atoms. The standard InChI is InChI=1S/C18H25NS/c1-13(2)14(3)20-12-18(19-4)17-10-9-15-7-5-6-8-16(15)11-17/h5-11,13-14,18-19H,12H2,1-4H3. The maximum absolute atomic E-state index is 3.46. The second kappa shape index (κ2) is 7.14. The molecule has 0 aliphatic carbocycles. The van der Waals surface area contributed by atoms with Crippen molar-refractivity contribution in [2.45, 2.75) is 32.1 Å². The van der Waals surface area contributed by atoms with Gasteiger partial charge in [0.15, 0.2) is 0 Å². The maximum Gasteiger partial charge on any atom is 0.0409 e. The lowest BCUT2D eigenvalue weighted by molar-refractivity contribution is 0.630. The monoisotopic (exact) mass is 287 g/mol. The SMILES string of the molecule is CNC(CSC(C)C(C)C)c1ccc2ccccc2c1. The van der Waals surface area contributed by atoms with Gasteiger partial charge in [-0.15, -0.1) is 0 Å². The molecule has 0 amide bonds. The summed E-state index contributed by atoms with van der Waals surface area (Å²) in [6.07, 6.45) is 0. The van der Waals surface area contributed by atoms with Gasteiger partial charge in [0.1, 0.15) is 0 Å². The highest BCUT2D eigenvalue weighted by Gasteiger charge is 2.14. The summed E-state index contributed by atoms with van der Waals surface area (Å²) in [7, 11) is 2.06. The van der Waals surface area contributed by atoms with Gasteiger partial charge in [-0.05, 0) is 35.4 Å². The second-order valence-corrected chi connectivity index (χ2v) is 7.14. The molecular weight excluding hydrogens is 262 g/mol. The van der Waals surface area contributed by atoms with E-state index in [0.717, 1.165) is 11.7 Å². The van der Waals surface area contributed by atoms with Crippen molar-refractivity contribution < 1.29 is 0 Å². The molecule has 2 aromatic carbocycles. The molecule has 0 aliphatic heterocycles. The molecule has 2 rings (SSSR count). The van der Waals surface area contributed by atoms with Gasteiger partial charge in [0.05, 0.1) is 0 Å². The first kappa shape index (κ1) is 15.4. The van der Waals surface area contributed by atoms with Crippen LogP contribution in [0, 0.1) is 5.92 Å². The van der Waals surface area contributed by atoms with Crippen molar-refractivity contribution in [2.75, 3.05) is 12.8 Å². The molecule has 0 aliphatic rings. The van der Waals surface area contributed by atoms with Gasteiger partial charge in [-0.2, -0.15) is 11.8 Å². The van der Waals surface area contributed by atoms with Crippen LogP contribution in [0.3, 0.4) is 0 Å². The van der Waals surface area contributed by atoms with Crippen molar-refractivity contribution in [1.82, 2.24) is 5.32 Å². The van der Waals surface area contributed by atoms with Crippen LogP contribution in [0.2, 0.25) is 0 Å². The molecule has 0 aromatic heterocycles. The van der Waals surface area contributed by atoms with E-state index in [1.54, 1.807) is 0 Å². The normalized spacial score (nSPS) is 14.7. The quantitative estimate of drug-likeness (QED) is 0.813. The lowest BCUT2D eigenvalue weighted by Crippen LogP contribution is -2.20. The number of benzene rings is 2. The molecule has 1 nitrogen and oxygen atoms in total. The summed E-state index contributed by atoms with van der Waals surface area (Å²) in [5.41, 5.74) is 1.38. The minimum atomic E-state index is 0.422. The molecule has 108 valence electrons. The van der Waals surface area contributed by atoms with Gasteiger partial charge in [0.2, 0.25) is 0 Å². The van der Waals surface area contributed by atoms with Crippen molar-refractivity contribution >= 4 is 22.5 Å². The zero-order chi connectivity index (χ0) is 14.5. The summed E-state index contributed by atoms with van der Waals surface area (Å²) < 4.78 is 0. The predicted octanol–water partition coefficient (Wildman–Crippen LogP) is 4.88. The molecule has 0 heterocycles. The van der Waals surface area contributed by atoms with E-state index < -0.39 is 0 Å². The summed E-state index contributed by atoms with van der Waals surface area (Å²) in [5.74, 6) is 1.85. The number of fused-ring (bicyclic) bond motifs is 1. The van der Waals surface area contributed by atoms with E-state index in [1.807, 2.05) is 0 Å². The number of nitrogens with one attached hydrogen (secondary N) is 1. The zero-order valence-electron chi connectivity index (χ0n) is 12.9. The van der Waals surface area contributed by atoms with E-state index in [4.69, 9.17) is 0 Å². The predicted molar refractivity (Wildman–Crippen MR) is 92.5 cm³/mol. The largest absolute Gasteiger partial charge is 0.312 e. The first-order valence-corrected chi connectivity index (χ1v) is 8.44. The van der Waals surface area contributed by atoms with Gasteiger partial charge in [-0.25, -0.2) is 0 Å². The van der Waals surface area contributed by atoms with E-state index in [-0.39, 0.29) is 0 Å². The van der Waals surface area contributed by atoms with Crippen LogP contribution < -0.4 is 5.32 Å². The molecular formula is C18H25NS. The van der Waals surface area contributed by atoms with Crippen LogP contribution in [0.15, 0.2) is 42.5 Å². The lowest BCUT2D eigenvalue weighted by atomic mass is 10.0. The maximum atomic E-state index is 3.46. The Balaban J connectivity index is 2.12. The fourth-order valence-electron chi connectivity index (χ4n) is 2.21. The first-order valence-electron chi connectivity index (χ1n) is 7.39. The Labute approximate surface area is 127 Å². The van der Waals surface area contributed by atoms with Crippen LogP contribution >= 0.6 is 11.8 Å². The molecule has 0 radical (unpaired) electrons. The molecule has 2 atom stereocenters. The van der Waals surface area contributed by atoms with Crippen molar-refractivity contribution in [2.24, 2.45) is 5.92 Å². The van der Waals surface area contributed by atoms with Crippen LogP contribution in [0.1, 0.15) is 32.4 Å². The molecule has 0 spiro atoms. The minimum Gasteiger partial charge on any atom is -0.312 e. The average Bonchev–Trinajstić information content (AvgIpc) is 2.47. The highest BCUT2D eigenvalue weighted by atomic mass is 32.2. The van der Waals surface area contributed by atoms with E-state index in [0.29, 0.717) is 11.3 Å². The second-order valence-electron chi connectivity index (χ2n) is 5.73. The zero-order valence-corrected chi connectivity index (χ0v) is 13.7. The Morgan fingerprint density at radius 3 is 2.35 bits per heavy atom. The Hall–Kier alpha value is -0.990. The average molecular weight is 287 g/mol. The Kier molecular flexibility index (Phi) is 5.50. The smallest absolute Gasteiger partial charge is 0.0409 e. The fraction of sp³-hybridized carbons (Fsp3) is 0.444. The van der Waals surface area contributed by atoms with Gasteiger partial charge in [-0.1, -0.05) is 57.2 Å². The van der Waals surface area contributed by atoms with Gasteiger partial charge in [-0.3, -0.25) is 0 Å². The summed E-state index contributed by atoms with van der Waals surface area (Å²) in [6.45, 7) is 6.91. The molecule has 2 aromatic rings. The number of thioether (sulfide) groups is 1. The van der Waals surface area contributed by atoms with Crippen molar-refractivity contribution in [3.05, 3.63) is 48.0 Å². The number of hydrogen-bond acceptors (Lipinski definition) is 2. The van der Waals surface area contributed by atoms with Crippen molar-refractivity contribution in [3.63, 3.8) is 0 Å². The van der Waals surface area contributed by atoms with Gasteiger partial charge in [0, 0.05) is 17.0 Å². The first-order chi connectivity index (χ1) is 9.61. The summed E-state index contributed by atoms with van der Waals surface area (Å²) in [6, 6.07) is 15.8. The van der Waals surface area contributed by atoms with Gasteiger partial charge < -0.3 is 5.32 Å². The van der Waals surface area contributed by atoms with E-state index in [1.165, 1.54) is 16.3 Å². The third kappa shape index (κ3) is 3.77. The van der Waals surface area contributed by atoms with Crippen LogP contribution in [-0.2, 0) is 0 Å². The number of hydrogen-bond donors (Lipinski definition) is 1. The van der Waals surface area contributed by atoms with Crippen molar-refractivity contribution in [3.8, 4) is 0 Å². The topological polar surface area (TPSA) is 12.0 Å². The summed E-state index contributed by atoms with van der Waals surface area (Å²) in [4.78, 5) is 0. The summed E-state index contributed by atoms with van der Waals surface area (Å²) in [5, 5.41) is 6.80. The number of rotatable bonds is 6. The molecule has 0 bridgehead atoms. The van der Waals surface area contributed by atoms with Crippen LogP contribution in [-0.4, -0.2) is 18.1 Å². The van der Waals surface area contributed by atoms with Crippen LogP contribution in [0.5, 0.6) is 0 Å². The van der Waals surface area contributed by atoms with Crippen LogP contribution in [0.25, 0.3) is 10.8 Å². The van der Waals surface area contributed by atoms with Crippen molar-refractivity contribution in [1.29, 1.82) is 0 Å². The van der Waals surface area contributed by atoms with Gasteiger partial charge in [0.25, 0.3) is 0 Å².